The molecule has 0 saturated carbocycles. The van der Waals surface area contributed by atoms with Gasteiger partial charge in [0, 0.05) is 30.6 Å². The van der Waals surface area contributed by atoms with Gasteiger partial charge in [0.15, 0.2) is 0 Å². The third kappa shape index (κ3) is 2.40. The molecule has 5 nitrogen and oxygen atoms in total. The summed E-state index contributed by atoms with van der Waals surface area (Å²) >= 11 is 1.68. The van der Waals surface area contributed by atoms with E-state index in [0.717, 1.165) is 24.4 Å². The number of thiazole rings is 1. The molecule has 0 radical (unpaired) electrons. The topological polar surface area (TPSA) is 69.6 Å². The predicted octanol–water partition coefficient (Wildman–Crippen LogP) is 0.744. The number of rotatable bonds is 4. The summed E-state index contributed by atoms with van der Waals surface area (Å²) in [6, 6.07) is 0. The van der Waals surface area contributed by atoms with E-state index in [-0.39, 0.29) is 0 Å². The Morgan fingerprint density at radius 1 is 1.53 bits per heavy atom. The Morgan fingerprint density at radius 3 is 3.00 bits per heavy atom. The number of nitrogens with two attached hydrogens (primary N) is 1. The molecule has 2 rings (SSSR count). The van der Waals surface area contributed by atoms with E-state index in [1.807, 2.05) is 23.3 Å². The maximum absolute atomic E-state index is 5.45. The lowest BCUT2D eigenvalue weighted by Crippen LogP contribution is -2.02. The molecule has 0 bridgehead atoms. The van der Waals surface area contributed by atoms with Crippen molar-refractivity contribution in [3.05, 3.63) is 28.0 Å². The normalized spacial score (nSPS) is 10.8. The number of hydrogen-bond donors (Lipinski definition) is 1. The van der Waals surface area contributed by atoms with E-state index >= 15 is 0 Å². The molecular formula is C9H13N5S. The molecule has 0 unspecified atom stereocenters. The van der Waals surface area contributed by atoms with Crippen molar-refractivity contribution in [2.45, 2.75) is 26.4 Å². The average Bonchev–Trinajstić information content (AvgIpc) is 2.84. The fraction of sp³-hybridized carbons (Fsp3) is 0.444. The van der Waals surface area contributed by atoms with Gasteiger partial charge in [-0.25, -0.2) is 4.98 Å². The maximum atomic E-state index is 5.45. The van der Waals surface area contributed by atoms with Crippen LogP contribution in [0.1, 0.15) is 16.3 Å². The molecule has 0 fully saturated rings. The second kappa shape index (κ2) is 4.50. The van der Waals surface area contributed by atoms with Gasteiger partial charge in [0.05, 0.1) is 16.9 Å². The zero-order valence-electron chi connectivity index (χ0n) is 8.55. The minimum Gasteiger partial charge on any atom is -0.325 e. The van der Waals surface area contributed by atoms with E-state index in [2.05, 4.69) is 15.3 Å². The van der Waals surface area contributed by atoms with E-state index in [4.69, 9.17) is 5.73 Å². The summed E-state index contributed by atoms with van der Waals surface area (Å²) in [5, 5.41) is 7.92. The molecule has 2 heterocycles. The van der Waals surface area contributed by atoms with Gasteiger partial charge in [0.25, 0.3) is 0 Å². The van der Waals surface area contributed by atoms with Crippen LogP contribution in [0.2, 0.25) is 0 Å². The van der Waals surface area contributed by atoms with Crippen LogP contribution in [0.5, 0.6) is 0 Å². The lowest BCUT2D eigenvalue weighted by Gasteiger charge is -1.98. The molecule has 0 aliphatic heterocycles. The standard InChI is InChI=1S/C9H13N5S/c1-7-9(15-6-11-7)2-3-14-5-8(4-10)12-13-14/h5-6H,2-4,10H2,1H3. The molecule has 2 N–H and O–H groups in total. The van der Waals surface area contributed by atoms with Gasteiger partial charge in [-0.1, -0.05) is 5.21 Å². The highest BCUT2D eigenvalue weighted by molar-refractivity contribution is 7.09. The summed E-state index contributed by atoms with van der Waals surface area (Å²) in [6.45, 7) is 3.30. The van der Waals surface area contributed by atoms with Gasteiger partial charge >= 0.3 is 0 Å². The van der Waals surface area contributed by atoms with Gasteiger partial charge in [-0.3, -0.25) is 4.68 Å². The van der Waals surface area contributed by atoms with E-state index in [9.17, 15) is 0 Å². The monoisotopic (exact) mass is 223 g/mol. The first kappa shape index (κ1) is 10.3. The Labute approximate surface area is 91.9 Å². The molecule has 0 saturated heterocycles. The van der Waals surface area contributed by atoms with Crippen molar-refractivity contribution in [2.75, 3.05) is 0 Å². The predicted molar refractivity (Wildman–Crippen MR) is 58.5 cm³/mol. The van der Waals surface area contributed by atoms with Crippen LogP contribution in [0.15, 0.2) is 11.7 Å². The highest BCUT2D eigenvalue weighted by Gasteiger charge is 2.03. The molecule has 0 aromatic carbocycles. The van der Waals surface area contributed by atoms with Crippen molar-refractivity contribution in [1.29, 1.82) is 0 Å². The average molecular weight is 223 g/mol. The van der Waals surface area contributed by atoms with Gasteiger partial charge in [-0.15, -0.1) is 16.4 Å². The van der Waals surface area contributed by atoms with E-state index in [1.165, 1.54) is 4.88 Å². The van der Waals surface area contributed by atoms with Gasteiger partial charge in [-0.2, -0.15) is 0 Å². The first-order chi connectivity index (χ1) is 7.29. The summed E-state index contributed by atoms with van der Waals surface area (Å²) in [5.74, 6) is 0. The number of hydrogen-bond acceptors (Lipinski definition) is 5. The summed E-state index contributed by atoms with van der Waals surface area (Å²) in [4.78, 5) is 5.51. The van der Waals surface area contributed by atoms with Crippen molar-refractivity contribution in [3.8, 4) is 0 Å². The number of aromatic nitrogens is 4. The highest BCUT2D eigenvalue weighted by atomic mass is 32.1. The summed E-state index contributed by atoms with van der Waals surface area (Å²) in [5.41, 5.74) is 9.27. The van der Waals surface area contributed by atoms with Gasteiger partial charge in [0.2, 0.25) is 0 Å². The van der Waals surface area contributed by atoms with Gasteiger partial charge in [-0.05, 0) is 6.92 Å². The molecule has 2 aromatic heterocycles. The van der Waals surface area contributed by atoms with Crippen molar-refractivity contribution in [2.24, 2.45) is 5.73 Å². The van der Waals surface area contributed by atoms with E-state index in [1.54, 1.807) is 11.3 Å². The molecule has 0 aliphatic rings. The molecule has 6 heteroatoms. The van der Waals surface area contributed by atoms with Crippen molar-refractivity contribution >= 4 is 11.3 Å². The molecule has 0 aliphatic carbocycles. The number of nitrogens with zero attached hydrogens (tertiary/aromatic N) is 4. The summed E-state index contributed by atoms with van der Waals surface area (Å²) in [6.07, 6.45) is 2.83. The third-order valence-electron chi connectivity index (χ3n) is 2.21. The lowest BCUT2D eigenvalue weighted by atomic mass is 10.3. The van der Waals surface area contributed by atoms with E-state index in [0.29, 0.717) is 6.54 Å². The minimum atomic E-state index is 0.444. The zero-order valence-corrected chi connectivity index (χ0v) is 9.37. The fourth-order valence-corrected chi connectivity index (χ4v) is 2.09. The smallest absolute Gasteiger partial charge is 0.0962 e. The highest BCUT2D eigenvalue weighted by Crippen LogP contribution is 2.13. The Balaban J connectivity index is 1.96. The quantitative estimate of drug-likeness (QED) is 0.830. The third-order valence-corrected chi connectivity index (χ3v) is 3.20. The second-order valence-corrected chi connectivity index (χ2v) is 4.23. The van der Waals surface area contributed by atoms with Crippen LogP contribution in [-0.2, 0) is 19.5 Å². The van der Waals surface area contributed by atoms with Crippen molar-refractivity contribution in [1.82, 2.24) is 20.0 Å². The maximum Gasteiger partial charge on any atom is 0.0962 e. The Hall–Kier alpha value is -1.27. The summed E-state index contributed by atoms with van der Waals surface area (Å²) in [7, 11) is 0. The molecular weight excluding hydrogens is 210 g/mol. The largest absolute Gasteiger partial charge is 0.325 e. The summed E-state index contributed by atoms with van der Waals surface area (Å²) < 4.78 is 1.82. The molecule has 2 aromatic rings. The Kier molecular flexibility index (Phi) is 3.08. The minimum absolute atomic E-state index is 0.444. The van der Waals surface area contributed by atoms with Crippen LogP contribution in [-0.4, -0.2) is 20.0 Å². The second-order valence-electron chi connectivity index (χ2n) is 3.29. The Morgan fingerprint density at radius 2 is 2.40 bits per heavy atom. The fourth-order valence-electron chi connectivity index (χ4n) is 1.32. The van der Waals surface area contributed by atoms with Crippen LogP contribution in [0.25, 0.3) is 0 Å². The first-order valence-corrected chi connectivity index (χ1v) is 5.65. The first-order valence-electron chi connectivity index (χ1n) is 4.77. The molecule has 0 spiro atoms. The van der Waals surface area contributed by atoms with Crippen LogP contribution in [0.4, 0.5) is 0 Å². The van der Waals surface area contributed by atoms with Crippen LogP contribution in [0.3, 0.4) is 0 Å². The van der Waals surface area contributed by atoms with Crippen LogP contribution < -0.4 is 5.73 Å². The molecule has 80 valence electrons. The number of aryl methyl sites for hydroxylation is 3. The lowest BCUT2D eigenvalue weighted by molar-refractivity contribution is 0.591. The SMILES string of the molecule is Cc1ncsc1CCn1cc(CN)nn1. The molecule has 15 heavy (non-hydrogen) atoms. The van der Waals surface area contributed by atoms with Gasteiger partial charge in [0.1, 0.15) is 0 Å². The van der Waals surface area contributed by atoms with Gasteiger partial charge < -0.3 is 5.73 Å². The van der Waals surface area contributed by atoms with Crippen LogP contribution >= 0.6 is 11.3 Å². The van der Waals surface area contributed by atoms with Crippen molar-refractivity contribution < 1.29 is 0 Å². The van der Waals surface area contributed by atoms with Crippen molar-refractivity contribution in [3.63, 3.8) is 0 Å². The molecule has 0 atom stereocenters. The van der Waals surface area contributed by atoms with Crippen LogP contribution in [0, 0.1) is 6.92 Å². The zero-order chi connectivity index (χ0) is 10.7. The molecule has 0 amide bonds. The van der Waals surface area contributed by atoms with E-state index < -0.39 is 0 Å². The Bertz CT molecular complexity index is 433.